The average molecular weight is 503 g/mol. The van der Waals surface area contributed by atoms with Crippen LogP contribution in [0.3, 0.4) is 0 Å². The molecule has 0 amide bonds. The highest BCUT2D eigenvalue weighted by molar-refractivity contribution is 6.30. The van der Waals surface area contributed by atoms with Gasteiger partial charge in [-0.15, -0.1) is 0 Å². The lowest BCUT2D eigenvalue weighted by atomic mass is 9.84. The number of allylic oxidation sites excluding steroid dienone is 1. The molecule has 2 aromatic carbocycles. The van der Waals surface area contributed by atoms with Gasteiger partial charge in [-0.25, -0.2) is 4.98 Å². The number of Topliss-reactive ketones (excluding diaryl/α,β-unsaturated/α-hetero) is 1. The van der Waals surface area contributed by atoms with E-state index >= 15 is 0 Å². The van der Waals surface area contributed by atoms with Gasteiger partial charge in [0, 0.05) is 60.4 Å². The molecule has 0 aliphatic carbocycles. The highest BCUT2D eigenvalue weighted by Crippen LogP contribution is 2.39. The van der Waals surface area contributed by atoms with E-state index in [1.807, 2.05) is 61.5 Å². The number of carbonyl (C=O) groups excluding carboxylic acids is 1. The summed E-state index contributed by atoms with van der Waals surface area (Å²) in [5.41, 5.74) is 3.90. The molecule has 3 aromatic rings. The summed E-state index contributed by atoms with van der Waals surface area (Å²) in [5.74, 6) is 1.40. The molecule has 0 unspecified atom stereocenters. The molecule has 186 valence electrons. The molecule has 5 rings (SSSR count). The Kier molecular flexibility index (Phi) is 7.24. The van der Waals surface area contributed by atoms with Gasteiger partial charge in [0.25, 0.3) is 0 Å². The van der Waals surface area contributed by atoms with E-state index in [1.165, 1.54) is 0 Å². The van der Waals surface area contributed by atoms with Gasteiger partial charge in [0.2, 0.25) is 5.88 Å². The molecule has 36 heavy (non-hydrogen) atoms. The van der Waals surface area contributed by atoms with Crippen molar-refractivity contribution in [2.24, 2.45) is 0 Å². The molecule has 2 aliphatic rings. The lowest BCUT2D eigenvalue weighted by Crippen LogP contribution is -2.42. The average Bonchev–Trinajstić information content (AvgIpc) is 3.06. The van der Waals surface area contributed by atoms with E-state index in [9.17, 15) is 9.90 Å². The van der Waals surface area contributed by atoms with Gasteiger partial charge in [0.15, 0.2) is 5.78 Å². The Morgan fingerprint density at radius 2 is 1.92 bits per heavy atom. The fourth-order valence-corrected chi connectivity index (χ4v) is 5.33. The van der Waals surface area contributed by atoms with Crippen LogP contribution in [-0.4, -0.2) is 40.4 Å². The van der Waals surface area contributed by atoms with Gasteiger partial charge in [0.05, 0.1) is 5.60 Å². The largest absolute Gasteiger partial charge is 0.438 e. The number of aliphatic hydroxyl groups is 1. The summed E-state index contributed by atoms with van der Waals surface area (Å²) in [7, 11) is 0. The Morgan fingerprint density at radius 1 is 1.14 bits per heavy atom. The molecule has 5 nitrogen and oxygen atoms in total. The molecule has 3 heterocycles. The molecular weight excluding hydrogens is 472 g/mol. The molecule has 6 heteroatoms. The van der Waals surface area contributed by atoms with E-state index in [0.717, 1.165) is 53.9 Å². The highest BCUT2D eigenvalue weighted by Gasteiger charge is 2.33. The number of piperidine rings is 1. The van der Waals surface area contributed by atoms with Crippen LogP contribution in [0.2, 0.25) is 5.02 Å². The fourth-order valence-electron chi connectivity index (χ4n) is 5.20. The minimum Gasteiger partial charge on any atom is -0.438 e. The van der Waals surface area contributed by atoms with Crippen LogP contribution in [0.25, 0.3) is 5.57 Å². The number of likely N-dealkylation sites (tertiary alicyclic amines) is 1. The summed E-state index contributed by atoms with van der Waals surface area (Å²) in [6, 6.07) is 17.2. The van der Waals surface area contributed by atoms with Gasteiger partial charge in [-0.3, -0.25) is 4.79 Å². The van der Waals surface area contributed by atoms with Crippen molar-refractivity contribution in [2.75, 3.05) is 19.6 Å². The Labute approximate surface area is 217 Å². The van der Waals surface area contributed by atoms with E-state index in [2.05, 4.69) is 16.0 Å². The van der Waals surface area contributed by atoms with Crippen molar-refractivity contribution in [3.63, 3.8) is 0 Å². The van der Waals surface area contributed by atoms with E-state index in [0.29, 0.717) is 42.3 Å². The Morgan fingerprint density at radius 3 is 2.67 bits per heavy atom. The first-order chi connectivity index (χ1) is 17.5. The number of hydrogen-bond acceptors (Lipinski definition) is 5. The normalized spacial score (nSPS) is 18.1. The number of ether oxygens (including phenoxy) is 1. The number of halogens is 1. The van der Waals surface area contributed by atoms with Gasteiger partial charge in [-0.05, 0) is 60.7 Å². The molecule has 0 spiro atoms. The number of ketones is 1. The maximum Gasteiger partial charge on any atom is 0.226 e. The highest BCUT2D eigenvalue weighted by atomic mass is 35.5. The summed E-state index contributed by atoms with van der Waals surface area (Å²) in [6.45, 7) is 4.46. The summed E-state index contributed by atoms with van der Waals surface area (Å²) >= 11 is 6.02. The van der Waals surface area contributed by atoms with Crippen LogP contribution in [0.4, 0.5) is 0 Å². The number of fused-ring (bicyclic) bond motifs is 2. The molecule has 0 atom stereocenters. The quantitative estimate of drug-likeness (QED) is 0.393. The lowest BCUT2D eigenvalue weighted by Gasteiger charge is -2.38. The van der Waals surface area contributed by atoms with Gasteiger partial charge >= 0.3 is 0 Å². The van der Waals surface area contributed by atoms with Crippen LogP contribution in [0.5, 0.6) is 11.6 Å². The number of pyridine rings is 1. The van der Waals surface area contributed by atoms with Crippen molar-refractivity contribution < 1.29 is 14.6 Å². The first kappa shape index (κ1) is 24.7. The zero-order chi connectivity index (χ0) is 25.1. The monoisotopic (exact) mass is 502 g/mol. The molecule has 0 saturated carbocycles. The predicted molar refractivity (Wildman–Crippen MR) is 143 cm³/mol. The first-order valence-electron chi connectivity index (χ1n) is 12.6. The number of carbonyl (C=O) groups is 1. The first-order valence-corrected chi connectivity index (χ1v) is 13.0. The van der Waals surface area contributed by atoms with Crippen molar-refractivity contribution in [3.05, 3.63) is 94.1 Å². The summed E-state index contributed by atoms with van der Waals surface area (Å²) in [4.78, 5) is 19.5. The zero-order valence-electron chi connectivity index (χ0n) is 20.5. The van der Waals surface area contributed by atoms with Gasteiger partial charge < -0.3 is 14.7 Å². The second-order valence-corrected chi connectivity index (χ2v) is 10.0. The van der Waals surface area contributed by atoms with E-state index in [-0.39, 0.29) is 5.78 Å². The summed E-state index contributed by atoms with van der Waals surface area (Å²) in [6.07, 6.45) is 7.33. The Balaban J connectivity index is 1.31. The van der Waals surface area contributed by atoms with Crippen molar-refractivity contribution in [2.45, 2.75) is 44.6 Å². The van der Waals surface area contributed by atoms with E-state index < -0.39 is 5.60 Å². The van der Waals surface area contributed by atoms with Crippen LogP contribution < -0.4 is 4.74 Å². The number of aromatic nitrogens is 1. The van der Waals surface area contributed by atoms with Crippen LogP contribution in [0.15, 0.2) is 66.9 Å². The molecule has 0 bridgehead atoms. The number of benzene rings is 2. The molecule has 0 radical (unpaired) electrons. The maximum absolute atomic E-state index is 12.6. The molecule has 1 aromatic heterocycles. The summed E-state index contributed by atoms with van der Waals surface area (Å²) in [5, 5.41) is 11.9. The third-order valence-electron chi connectivity index (χ3n) is 7.35. The predicted octanol–water partition coefficient (Wildman–Crippen LogP) is 6.43. The van der Waals surface area contributed by atoms with Crippen LogP contribution in [0, 0.1) is 0 Å². The minimum atomic E-state index is -0.797. The van der Waals surface area contributed by atoms with Crippen LogP contribution in [-0.2, 0) is 12.0 Å². The molecular formula is C30H31ClN2O3. The van der Waals surface area contributed by atoms with Crippen molar-refractivity contribution in [3.8, 4) is 11.6 Å². The van der Waals surface area contributed by atoms with Crippen molar-refractivity contribution >= 4 is 23.0 Å². The van der Waals surface area contributed by atoms with Gasteiger partial charge in [-0.2, -0.15) is 0 Å². The van der Waals surface area contributed by atoms with Crippen molar-refractivity contribution in [1.29, 1.82) is 0 Å². The summed E-state index contributed by atoms with van der Waals surface area (Å²) < 4.78 is 6.19. The molecule has 1 fully saturated rings. The third-order valence-corrected chi connectivity index (χ3v) is 7.60. The molecule has 1 N–H and O–H groups in total. The fraction of sp³-hybridized carbons (Fsp3) is 0.333. The zero-order valence-corrected chi connectivity index (χ0v) is 21.3. The number of rotatable bonds is 6. The van der Waals surface area contributed by atoms with E-state index in [1.54, 1.807) is 6.20 Å². The third kappa shape index (κ3) is 5.10. The van der Waals surface area contributed by atoms with Gasteiger partial charge in [0.1, 0.15) is 5.75 Å². The Hall–Kier alpha value is -2.99. The second-order valence-electron chi connectivity index (χ2n) is 9.59. The number of nitrogens with zero attached hydrogens (tertiary/aromatic N) is 2. The SMILES string of the molecule is CCC(=O)c1cccc2c1CC(=CCCN1CCC(O)(c3ccc(Cl)cc3)CC1)c1cccnc1O2. The topological polar surface area (TPSA) is 62.7 Å². The van der Waals surface area contributed by atoms with Crippen LogP contribution in [0.1, 0.15) is 59.7 Å². The van der Waals surface area contributed by atoms with E-state index in [4.69, 9.17) is 16.3 Å². The van der Waals surface area contributed by atoms with Gasteiger partial charge in [-0.1, -0.05) is 48.9 Å². The molecule has 1 saturated heterocycles. The number of hydrogen-bond donors (Lipinski definition) is 1. The maximum atomic E-state index is 12.6. The Bertz CT molecular complexity index is 1280. The van der Waals surface area contributed by atoms with Crippen molar-refractivity contribution in [1.82, 2.24) is 9.88 Å². The van der Waals surface area contributed by atoms with Crippen LogP contribution >= 0.6 is 11.6 Å². The lowest BCUT2D eigenvalue weighted by molar-refractivity contribution is -0.0254. The molecule has 2 aliphatic heterocycles. The minimum absolute atomic E-state index is 0.121. The smallest absolute Gasteiger partial charge is 0.226 e. The standard InChI is InChI=1S/C30H31ClN2O3/c1-2-27(34)25-7-3-9-28-26(25)20-21(24-8-4-16-32-29(24)36-28)6-5-17-33-18-14-30(35,15-19-33)22-10-12-23(31)13-11-22/h3-4,6-13,16,35H,2,5,14-15,17-20H2,1H3. The second kappa shape index (κ2) is 10.6.